The second-order valence-corrected chi connectivity index (χ2v) is 2.80. The lowest BCUT2D eigenvalue weighted by Gasteiger charge is -1.97. The van der Waals surface area contributed by atoms with E-state index in [2.05, 4.69) is 15.5 Å². The van der Waals surface area contributed by atoms with Crippen LogP contribution in [0, 0.1) is 0 Å². The SMILES string of the molecule is Clc1ncn(C2=N[N]C=C2)c1Cl. The molecule has 0 bridgehead atoms. The first-order valence-electron chi connectivity index (χ1n) is 3.12. The van der Waals surface area contributed by atoms with Crippen molar-refractivity contribution in [1.82, 2.24) is 15.0 Å². The van der Waals surface area contributed by atoms with Gasteiger partial charge in [-0.05, 0) is 0 Å². The van der Waals surface area contributed by atoms with Gasteiger partial charge >= 0.3 is 0 Å². The highest BCUT2D eigenvalue weighted by Crippen LogP contribution is 2.19. The molecule has 1 radical (unpaired) electrons. The van der Waals surface area contributed by atoms with E-state index in [1.807, 2.05) is 0 Å². The van der Waals surface area contributed by atoms with E-state index < -0.39 is 0 Å². The average molecular weight is 202 g/mol. The third-order valence-electron chi connectivity index (χ3n) is 1.37. The van der Waals surface area contributed by atoms with Gasteiger partial charge in [-0.2, -0.15) is 5.43 Å². The predicted molar refractivity (Wildman–Crippen MR) is 46.4 cm³/mol. The number of aromatic nitrogens is 2. The summed E-state index contributed by atoms with van der Waals surface area (Å²) in [6.45, 7) is 0. The molecule has 1 aromatic heterocycles. The zero-order chi connectivity index (χ0) is 8.55. The van der Waals surface area contributed by atoms with Crippen LogP contribution in [-0.4, -0.2) is 15.4 Å². The third-order valence-corrected chi connectivity index (χ3v) is 2.10. The van der Waals surface area contributed by atoms with Crippen molar-refractivity contribution in [3.63, 3.8) is 0 Å². The van der Waals surface area contributed by atoms with Gasteiger partial charge in [0, 0.05) is 6.08 Å². The molecule has 0 N–H and O–H groups in total. The van der Waals surface area contributed by atoms with E-state index in [9.17, 15) is 0 Å². The molecule has 0 aliphatic carbocycles. The fourth-order valence-corrected chi connectivity index (χ4v) is 1.14. The molecule has 1 aromatic rings. The largest absolute Gasteiger partial charge is 0.271 e. The van der Waals surface area contributed by atoms with Crippen molar-refractivity contribution < 1.29 is 0 Å². The molecule has 0 spiro atoms. The van der Waals surface area contributed by atoms with Crippen LogP contribution in [0.4, 0.5) is 0 Å². The van der Waals surface area contributed by atoms with Crippen molar-refractivity contribution in [3.05, 3.63) is 28.9 Å². The zero-order valence-corrected chi connectivity index (χ0v) is 7.29. The summed E-state index contributed by atoms with van der Waals surface area (Å²) in [5.74, 6) is 0.611. The van der Waals surface area contributed by atoms with Crippen molar-refractivity contribution >= 4 is 29.0 Å². The lowest BCUT2D eigenvalue weighted by atomic mass is 10.5. The Labute approximate surface area is 78.5 Å². The number of hydrogen-bond donors (Lipinski definition) is 0. The van der Waals surface area contributed by atoms with Gasteiger partial charge in [0.15, 0.2) is 16.1 Å². The summed E-state index contributed by atoms with van der Waals surface area (Å²) >= 11 is 11.4. The van der Waals surface area contributed by atoms with E-state index in [4.69, 9.17) is 23.2 Å². The first-order valence-corrected chi connectivity index (χ1v) is 3.87. The van der Waals surface area contributed by atoms with Gasteiger partial charge in [-0.3, -0.25) is 4.57 Å². The molecular weight excluding hydrogens is 199 g/mol. The van der Waals surface area contributed by atoms with Crippen LogP contribution in [0.25, 0.3) is 0 Å². The Morgan fingerprint density at radius 3 is 2.67 bits per heavy atom. The Morgan fingerprint density at radius 2 is 2.17 bits per heavy atom. The number of rotatable bonds is 0. The van der Waals surface area contributed by atoms with Crippen LogP contribution in [0.1, 0.15) is 0 Å². The lowest BCUT2D eigenvalue weighted by Crippen LogP contribution is -2.05. The highest BCUT2D eigenvalue weighted by atomic mass is 35.5. The van der Waals surface area contributed by atoms with Crippen molar-refractivity contribution in [2.45, 2.75) is 0 Å². The van der Waals surface area contributed by atoms with Crippen LogP contribution in [0.5, 0.6) is 0 Å². The molecule has 1 aliphatic rings. The van der Waals surface area contributed by atoms with E-state index in [0.29, 0.717) is 11.0 Å². The van der Waals surface area contributed by atoms with Crippen LogP contribution < -0.4 is 5.43 Å². The summed E-state index contributed by atoms with van der Waals surface area (Å²) < 4.78 is 1.55. The molecule has 0 saturated carbocycles. The molecule has 0 amide bonds. The van der Waals surface area contributed by atoms with Gasteiger partial charge in [-0.25, -0.2) is 4.98 Å². The van der Waals surface area contributed by atoms with E-state index in [-0.39, 0.29) is 5.15 Å². The van der Waals surface area contributed by atoms with Gasteiger partial charge in [0.1, 0.15) is 6.33 Å². The Hall–Kier alpha value is -1.000. The monoisotopic (exact) mass is 201 g/mol. The Morgan fingerprint density at radius 1 is 1.33 bits per heavy atom. The number of halogens is 2. The number of allylic oxidation sites excluding steroid dienone is 1. The minimum Gasteiger partial charge on any atom is -0.271 e. The summed E-state index contributed by atoms with van der Waals surface area (Å²) in [4.78, 5) is 3.80. The normalized spacial score (nSPS) is 14.7. The summed E-state index contributed by atoms with van der Waals surface area (Å²) in [5.41, 5.74) is 3.65. The van der Waals surface area contributed by atoms with E-state index in [1.165, 1.54) is 6.33 Å². The smallest absolute Gasteiger partial charge is 0.166 e. The number of hydrogen-bond acceptors (Lipinski definition) is 2. The molecule has 0 saturated heterocycles. The first-order chi connectivity index (χ1) is 5.79. The number of nitrogens with zero attached hydrogens (tertiary/aromatic N) is 4. The molecule has 0 unspecified atom stereocenters. The Kier molecular flexibility index (Phi) is 1.78. The van der Waals surface area contributed by atoms with Crippen LogP contribution in [0.2, 0.25) is 10.3 Å². The molecule has 2 rings (SSSR count). The van der Waals surface area contributed by atoms with Gasteiger partial charge in [0.25, 0.3) is 0 Å². The van der Waals surface area contributed by atoms with Crippen molar-refractivity contribution in [2.75, 3.05) is 0 Å². The van der Waals surface area contributed by atoms with E-state index >= 15 is 0 Å². The molecule has 6 heteroatoms. The minimum atomic E-state index is 0.264. The summed E-state index contributed by atoms with van der Waals surface area (Å²) in [7, 11) is 0. The third kappa shape index (κ3) is 1.09. The molecule has 0 atom stereocenters. The summed E-state index contributed by atoms with van der Waals surface area (Å²) in [5, 5.41) is 4.40. The second-order valence-electron chi connectivity index (χ2n) is 2.09. The maximum atomic E-state index is 5.80. The van der Waals surface area contributed by atoms with Crippen LogP contribution >= 0.6 is 23.2 Å². The first kappa shape index (κ1) is 7.64. The molecule has 4 nitrogen and oxygen atoms in total. The average Bonchev–Trinajstić information content (AvgIpc) is 2.64. The highest BCUT2D eigenvalue weighted by molar-refractivity contribution is 6.41. The maximum Gasteiger partial charge on any atom is 0.166 e. The van der Waals surface area contributed by atoms with Crippen LogP contribution in [-0.2, 0) is 0 Å². The quantitative estimate of drug-likeness (QED) is 0.628. The van der Waals surface area contributed by atoms with Gasteiger partial charge in [-0.1, -0.05) is 23.2 Å². The van der Waals surface area contributed by atoms with Crippen molar-refractivity contribution in [1.29, 1.82) is 0 Å². The van der Waals surface area contributed by atoms with Crippen molar-refractivity contribution in [3.8, 4) is 0 Å². The van der Waals surface area contributed by atoms with Crippen LogP contribution in [0.15, 0.2) is 23.7 Å². The fraction of sp³-hybridized carbons (Fsp3) is 0. The maximum absolute atomic E-state index is 5.80. The fourth-order valence-electron chi connectivity index (χ4n) is 0.826. The predicted octanol–water partition coefficient (Wildman–Crippen LogP) is 1.48. The van der Waals surface area contributed by atoms with Gasteiger partial charge in [-0.15, -0.1) is 5.10 Å². The minimum absolute atomic E-state index is 0.264. The molecular formula is C6H3Cl2N4. The van der Waals surface area contributed by atoms with Gasteiger partial charge < -0.3 is 0 Å². The van der Waals surface area contributed by atoms with Gasteiger partial charge in [0.2, 0.25) is 0 Å². The van der Waals surface area contributed by atoms with E-state index in [1.54, 1.807) is 16.8 Å². The highest BCUT2D eigenvalue weighted by Gasteiger charge is 2.11. The molecule has 1 aliphatic heterocycles. The Bertz CT molecular complexity index is 366. The molecule has 0 aromatic carbocycles. The Balaban J connectivity index is 2.46. The molecule has 2 heterocycles. The zero-order valence-electron chi connectivity index (χ0n) is 5.78. The second kappa shape index (κ2) is 2.80. The number of imidazole rings is 1. The van der Waals surface area contributed by atoms with Crippen molar-refractivity contribution in [2.24, 2.45) is 5.10 Å². The van der Waals surface area contributed by atoms with Gasteiger partial charge in [0.05, 0.1) is 6.20 Å². The molecule has 12 heavy (non-hydrogen) atoms. The molecule has 0 fully saturated rings. The lowest BCUT2D eigenvalue weighted by molar-refractivity contribution is 0.954. The molecule has 61 valence electrons. The van der Waals surface area contributed by atoms with E-state index in [0.717, 1.165) is 0 Å². The van der Waals surface area contributed by atoms with Crippen LogP contribution in [0.3, 0.4) is 0 Å². The topological polar surface area (TPSA) is 44.3 Å². The standard InChI is InChI=1S/C6H3Cl2N4/c7-5-6(8)12(3-9-5)4-1-2-10-11-4/h1-3H. The summed E-state index contributed by atoms with van der Waals surface area (Å²) in [6, 6.07) is 0. The summed E-state index contributed by atoms with van der Waals surface area (Å²) in [6.07, 6.45) is 4.78.